The molecule has 0 bridgehead atoms. The molecular weight excluding hydrogens is 259 g/mol. The van der Waals surface area contributed by atoms with Crippen molar-refractivity contribution in [2.75, 3.05) is 5.73 Å². The SMILES string of the molecule is Cn1cc(C(=O)c2cc(C(F)(F)F)ccc2N)cn1. The maximum atomic E-state index is 12.6. The molecular formula is C12H10F3N3O. The van der Waals surface area contributed by atoms with Gasteiger partial charge in [0, 0.05) is 24.5 Å². The van der Waals surface area contributed by atoms with Crippen molar-refractivity contribution in [3.05, 3.63) is 47.3 Å². The largest absolute Gasteiger partial charge is 0.416 e. The van der Waals surface area contributed by atoms with Gasteiger partial charge in [-0.15, -0.1) is 0 Å². The van der Waals surface area contributed by atoms with E-state index in [4.69, 9.17) is 5.73 Å². The highest BCUT2D eigenvalue weighted by Gasteiger charge is 2.31. The first-order valence-electron chi connectivity index (χ1n) is 5.29. The van der Waals surface area contributed by atoms with E-state index < -0.39 is 17.5 Å². The number of halogens is 3. The van der Waals surface area contributed by atoms with Crippen LogP contribution in [-0.4, -0.2) is 15.6 Å². The summed E-state index contributed by atoms with van der Waals surface area (Å²) in [6.07, 6.45) is -1.82. The first-order chi connectivity index (χ1) is 8.79. The Labute approximate surface area is 106 Å². The molecule has 7 heteroatoms. The Morgan fingerprint density at radius 2 is 2.05 bits per heavy atom. The van der Waals surface area contributed by atoms with Crippen molar-refractivity contribution in [2.45, 2.75) is 6.18 Å². The molecule has 19 heavy (non-hydrogen) atoms. The zero-order valence-corrected chi connectivity index (χ0v) is 9.90. The molecule has 4 nitrogen and oxygen atoms in total. The number of hydrogen-bond acceptors (Lipinski definition) is 3. The molecule has 0 amide bonds. The van der Waals surface area contributed by atoms with Gasteiger partial charge in [0.25, 0.3) is 0 Å². The molecule has 0 aliphatic carbocycles. The Balaban J connectivity index is 2.47. The van der Waals surface area contributed by atoms with Crippen molar-refractivity contribution < 1.29 is 18.0 Å². The number of aromatic nitrogens is 2. The van der Waals surface area contributed by atoms with Crippen LogP contribution in [0.1, 0.15) is 21.5 Å². The molecule has 1 aromatic carbocycles. The molecule has 1 aromatic heterocycles. The minimum atomic E-state index is -4.52. The average molecular weight is 269 g/mol. The van der Waals surface area contributed by atoms with Gasteiger partial charge < -0.3 is 5.73 Å². The molecule has 0 aliphatic rings. The van der Waals surface area contributed by atoms with Crippen molar-refractivity contribution in [3.63, 3.8) is 0 Å². The van der Waals surface area contributed by atoms with Gasteiger partial charge in [0.05, 0.1) is 17.3 Å². The molecule has 0 aliphatic heterocycles. The van der Waals surface area contributed by atoms with Crippen LogP contribution in [0.5, 0.6) is 0 Å². The number of alkyl halides is 3. The zero-order valence-electron chi connectivity index (χ0n) is 9.90. The van der Waals surface area contributed by atoms with Crippen LogP contribution >= 0.6 is 0 Å². The minimum Gasteiger partial charge on any atom is -0.398 e. The topological polar surface area (TPSA) is 60.9 Å². The number of carbonyl (C=O) groups excluding carboxylic acids is 1. The highest BCUT2D eigenvalue weighted by Crippen LogP contribution is 2.31. The Hall–Kier alpha value is -2.31. The van der Waals surface area contributed by atoms with Gasteiger partial charge >= 0.3 is 6.18 Å². The second kappa shape index (κ2) is 4.42. The van der Waals surface area contributed by atoms with Crippen molar-refractivity contribution in [3.8, 4) is 0 Å². The van der Waals surface area contributed by atoms with E-state index in [1.165, 1.54) is 17.1 Å². The molecule has 0 unspecified atom stereocenters. The smallest absolute Gasteiger partial charge is 0.398 e. The molecule has 1 heterocycles. The van der Waals surface area contributed by atoms with Gasteiger partial charge in [0.1, 0.15) is 0 Å². The van der Waals surface area contributed by atoms with Crippen LogP contribution in [0, 0.1) is 0 Å². The Kier molecular flexibility index (Phi) is 3.05. The van der Waals surface area contributed by atoms with E-state index >= 15 is 0 Å². The Morgan fingerprint density at radius 1 is 1.37 bits per heavy atom. The molecule has 0 atom stereocenters. The lowest BCUT2D eigenvalue weighted by Gasteiger charge is -2.09. The summed E-state index contributed by atoms with van der Waals surface area (Å²) in [5.74, 6) is -0.586. The van der Waals surface area contributed by atoms with Crippen LogP contribution in [0.3, 0.4) is 0 Å². The van der Waals surface area contributed by atoms with Gasteiger partial charge in [-0.2, -0.15) is 18.3 Å². The van der Waals surface area contributed by atoms with Gasteiger partial charge in [0.15, 0.2) is 5.78 Å². The van der Waals surface area contributed by atoms with E-state index in [0.717, 1.165) is 18.2 Å². The fourth-order valence-corrected chi connectivity index (χ4v) is 1.62. The molecule has 0 saturated carbocycles. The molecule has 0 radical (unpaired) electrons. The minimum absolute atomic E-state index is 0.00172. The van der Waals surface area contributed by atoms with E-state index in [0.29, 0.717) is 0 Å². The van der Waals surface area contributed by atoms with Crippen LogP contribution in [0.2, 0.25) is 0 Å². The third kappa shape index (κ3) is 2.59. The Bertz CT molecular complexity index is 631. The molecule has 100 valence electrons. The number of nitrogens with two attached hydrogens (primary N) is 1. The van der Waals surface area contributed by atoms with E-state index in [9.17, 15) is 18.0 Å². The maximum absolute atomic E-state index is 12.6. The molecule has 0 spiro atoms. The lowest BCUT2D eigenvalue weighted by molar-refractivity contribution is -0.137. The number of nitrogens with zero attached hydrogens (tertiary/aromatic N) is 2. The van der Waals surface area contributed by atoms with Crippen LogP contribution in [-0.2, 0) is 13.2 Å². The third-order valence-electron chi connectivity index (χ3n) is 2.59. The van der Waals surface area contributed by atoms with Crippen LogP contribution < -0.4 is 5.73 Å². The van der Waals surface area contributed by atoms with Crippen LogP contribution in [0.25, 0.3) is 0 Å². The van der Waals surface area contributed by atoms with Crippen molar-refractivity contribution in [1.29, 1.82) is 0 Å². The van der Waals surface area contributed by atoms with Crippen molar-refractivity contribution in [1.82, 2.24) is 9.78 Å². The normalized spacial score (nSPS) is 11.6. The molecule has 0 saturated heterocycles. The van der Waals surface area contributed by atoms with E-state index in [1.54, 1.807) is 7.05 Å². The number of benzene rings is 1. The first-order valence-corrected chi connectivity index (χ1v) is 5.29. The summed E-state index contributed by atoms with van der Waals surface area (Å²) in [4.78, 5) is 12.1. The first kappa shape index (κ1) is 13.1. The summed E-state index contributed by atoms with van der Waals surface area (Å²) < 4.78 is 39.2. The van der Waals surface area contributed by atoms with Crippen LogP contribution in [0.15, 0.2) is 30.6 Å². The molecule has 2 N–H and O–H groups in total. The second-order valence-corrected chi connectivity index (χ2v) is 4.03. The van der Waals surface area contributed by atoms with Gasteiger partial charge in [-0.05, 0) is 18.2 Å². The predicted molar refractivity (Wildman–Crippen MR) is 62.5 cm³/mol. The van der Waals surface area contributed by atoms with Gasteiger partial charge in [-0.1, -0.05) is 0 Å². The number of aryl methyl sites for hydroxylation is 1. The number of nitrogen functional groups attached to an aromatic ring is 1. The summed E-state index contributed by atoms with van der Waals surface area (Å²) in [6.45, 7) is 0. The zero-order chi connectivity index (χ0) is 14.2. The summed E-state index contributed by atoms with van der Waals surface area (Å²) in [7, 11) is 1.60. The van der Waals surface area contributed by atoms with E-state index in [2.05, 4.69) is 5.10 Å². The van der Waals surface area contributed by atoms with E-state index in [1.807, 2.05) is 0 Å². The second-order valence-electron chi connectivity index (χ2n) is 4.03. The maximum Gasteiger partial charge on any atom is 0.416 e. The fraction of sp³-hybridized carbons (Fsp3) is 0.167. The number of hydrogen-bond donors (Lipinski definition) is 1. The summed E-state index contributed by atoms with van der Waals surface area (Å²) in [5, 5.41) is 3.80. The number of anilines is 1. The van der Waals surface area contributed by atoms with E-state index in [-0.39, 0.29) is 16.8 Å². The summed E-state index contributed by atoms with van der Waals surface area (Å²) in [6, 6.07) is 2.67. The fourth-order valence-electron chi connectivity index (χ4n) is 1.62. The summed E-state index contributed by atoms with van der Waals surface area (Å²) >= 11 is 0. The Morgan fingerprint density at radius 3 is 2.58 bits per heavy atom. The highest BCUT2D eigenvalue weighted by atomic mass is 19.4. The van der Waals surface area contributed by atoms with Crippen molar-refractivity contribution in [2.24, 2.45) is 7.05 Å². The standard InChI is InChI=1S/C12H10F3N3O/c1-18-6-7(5-17-18)11(19)9-4-8(12(13,14)15)2-3-10(9)16/h2-6H,16H2,1H3. The molecule has 2 aromatic rings. The third-order valence-corrected chi connectivity index (χ3v) is 2.59. The lowest BCUT2D eigenvalue weighted by atomic mass is 10.0. The van der Waals surface area contributed by atoms with Gasteiger partial charge in [0.2, 0.25) is 0 Å². The quantitative estimate of drug-likeness (QED) is 0.672. The van der Waals surface area contributed by atoms with Crippen LogP contribution in [0.4, 0.5) is 18.9 Å². The van der Waals surface area contributed by atoms with Gasteiger partial charge in [-0.25, -0.2) is 0 Å². The number of carbonyl (C=O) groups is 1. The number of rotatable bonds is 2. The monoisotopic (exact) mass is 269 g/mol. The molecule has 0 fully saturated rings. The molecule has 2 rings (SSSR count). The number of ketones is 1. The van der Waals surface area contributed by atoms with Gasteiger partial charge in [-0.3, -0.25) is 9.48 Å². The predicted octanol–water partition coefficient (Wildman–Crippen LogP) is 2.25. The van der Waals surface area contributed by atoms with Crippen molar-refractivity contribution >= 4 is 11.5 Å². The highest BCUT2D eigenvalue weighted by molar-refractivity contribution is 6.11. The summed E-state index contributed by atoms with van der Waals surface area (Å²) in [5.41, 5.74) is 4.67. The lowest BCUT2D eigenvalue weighted by Crippen LogP contribution is -2.10. The average Bonchev–Trinajstić information content (AvgIpc) is 2.74.